The summed E-state index contributed by atoms with van der Waals surface area (Å²) in [6, 6.07) is 0. The summed E-state index contributed by atoms with van der Waals surface area (Å²) in [5, 5.41) is 8.69. The lowest BCUT2D eigenvalue weighted by molar-refractivity contribution is 0.359. The van der Waals surface area contributed by atoms with Gasteiger partial charge in [0.15, 0.2) is 0 Å². The van der Waals surface area contributed by atoms with Crippen LogP contribution in [0.4, 0.5) is 0 Å². The molecule has 1 heterocycles. The molecular weight excluding hydrogens is 234 g/mol. The van der Waals surface area contributed by atoms with E-state index >= 15 is 0 Å². The molecular formula is C13H20ClN3. The molecule has 0 radical (unpaired) electrons. The minimum absolute atomic E-state index is 0.0236. The summed E-state index contributed by atoms with van der Waals surface area (Å²) in [7, 11) is 0. The van der Waals surface area contributed by atoms with Crippen molar-refractivity contribution in [2.75, 3.05) is 0 Å². The predicted octanol–water partition coefficient (Wildman–Crippen LogP) is 3.29. The van der Waals surface area contributed by atoms with Crippen LogP contribution in [0.2, 0.25) is 0 Å². The van der Waals surface area contributed by atoms with Crippen LogP contribution in [0.1, 0.15) is 57.6 Å². The number of aromatic nitrogens is 3. The lowest BCUT2D eigenvalue weighted by Gasteiger charge is -2.26. The van der Waals surface area contributed by atoms with Crippen molar-refractivity contribution in [2.24, 2.45) is 11.8 Å². The van der Waals surface area contributed by atoms with Crippen LogP contribution in [-0.4, -0.2) is 14.8 Å². The van der Waals surface area contributed by atoms with Crippen LogP contribution in [0.5, 0.6) is 0 Å². The van der Waals surface area contributed by atoms with Crippen LogP contribution in [0.15, 0.2) is 0 Å². The fraction of sp³-hybridized carbons (Fsp3) is 0.846. The van der Waals surface area contributed by atoms with Gasteiger partial charge in [-0.15, -0.1) is 21.8 Å². The van der Waals surface area contributed by atoms with Crippen molar-refractivity contribution < 1.29 is 0 Å². The van der Waals surface area contributed by atoms with Crippen molar-refractivity contribution in [2.45, 2.75) is 57.4 Å². The molecule has 2 fully saturated rings. The number of nitrogens with zero attached hydrogens (tertiary/aromatic N) is 3. The number of hydrogen-bond donors (Lipinski definition) is 0. The molecule has 2 unspecified atom stereocenters. The maximum Gasteiger partial charge on any atom is 0.148 e. The summed E-state index contributed by atoms with van der Waals surface area (Å²) in [4.78, 5) is 0. The van der Waals surface area contributed by atoms with E-state index in [0.29, 0.717) is 11.8 Å². The summed E-state index contributed by atoms with van der Waals surface area (Å²) in [6.45, 7) is 6.60. The molecule has 2 atom stereocenters. The summed E-state index contributed by atoms with van der Waals surface area (Å²) in [5.74, 6) is 5.09. The molecule has 0 aliphatic heterocycles. The standard InChI is InChI=1S/C13H20ClN3/c1-13(2,3)17-11(7-14)15-16-12(17)10-5-8-4-9(8)6-10/h8-10H,4-7H2,1-3H3. The second-order valence-corrected chi connectivity index (χ2v) is 6.81. The van der Waals surface area contributed by atoms with Gasteiger partial charge in [0.25, 0.3) is 0 Å². The minimum atomic E-state index is 0.0236. The topological polar surface area (TPSA) is 30.7 Å². The Hall–Kier alpha value is -0.570. The van der Waals surface area contributed by atoms with Crippen molar-refractivity contribution >= 4 is 11.6 Å². The average Bonchev–Trinajstić information content (AvgIpc) is 2.75. The van der Waals surface area contributed by atoms with Gasteiger partial charge in [-0.2, -0.15) is 0 Å². The van der Waals surface area contributed by atoms with E-state index in [1.807, 2.05) is 0 Å². The van der Waals surface area contributed by atoms with Crippen LogP contribution in [0.25, 0.3) is 0 Å². The van der Waals surface area contributed by atoms with Crippen LogP contribution in [-0.2, 0) is 11.4 Å². The van der Waals surface area contributed by atoms with Gasteiger partial charge in [0.1, 0.15) is 11.6 Å². The molecule has 1 aromatic rings. The Morgan fingerprint density at radius 2 is 1.82 bits per heavy atom. The fourth-order valence-electron chi connectivity index (χ4n) is 3.34. The van der Waals surface area contributed by atoms with Gasteiger partial charge in [-0.25, -0.2) is 0 Å². The Morgan fingerprint density at radius 1 is 1.18 bits per heavy atom. The first-order chi connectivity index (χ1) is 8.00. The molecule has 1 aromatic heterocycles. The molecule has 4 heteroatoms. The highest BCUT2D eigenvalue weighted by Crippen LogP contribution is 2.57. The minimum Gasteiger partial charge on any atom is -0.308 e. The number of rotatable bonds is 2. The molecule has 0 saturated heterocycles. The fourth-order valence-corrected chi connectivity index (χ4v) is 3.51. The zero-order chi connectivity index (χ0) is 12.2. The average molecular weight is 254 g/mol. The third-order valence-electron chi connectivity index (χ3n) is 4.15. The second kappa shape index (κ2) is 3.71. The third kappa shape index (κ3) is 1.88. The van der Waals surface area contributed by atoms with Crippen molar-refractivity contribution in [3.8, 4) is 0 Å². The molecule has 0 amide bonds. The van der Waals surface area contributed by atoms with Crippen molar-refractivity contribution in [1.29, 1.82) is 0 Å². The Kier molecular flexibility index (Phi) is 2.51. The third-order valence-corrected chi connectivity index (χ3v) is 4.39. The van der Waals surface area contributed by atoms with Gasteiger partial charge >= 0.3 is 0 Å². The molecule has 0 spiro atoms. The highest BCUT2D eigenvalue weighted by atomic mass is 35.5. The highest BCUT2D eigenvalue weighted by molar-refractivity contribution is 6.16. The molecule has 17 heavy (non-hydrogen) atoms. The molecule has 0 aromatic carbocycles. The molecule has 3 rings (SSSR count). The summed E-state index contributed by atoms with van der Waals surface area (Å²) >= 11 is 5.97. The molecule has 2 aliphatic rings. The lowest BCUT2D eigenvalue weighted by Crippen LogP contribution is -2.27. The molecule has 94 valence electrons. The number of alkyl halides is 1. The molecule has 0 N–H and O–H groups in total. The number of halogens is 1. The highest BCUT2D eigenvalue weighted by Gasteiger charge is 2.48. The predicted molar refractivity (Wildman–Crippen MR) is 68.1 cm³/mol. The lowest BCUT2D eigenvalue weighted by atomic mass is 10.00. The second-order valence-electron chi connectivity index (χ2n) is 6.54. The molecule has 2 saturated carbocycles. The van der Waals surface area contributed by atoms with Crippen molar-refractivity contribution in [3.63, 3.8) is 0 Å². The maximum atomic E-state index is 5.97. The van der Waals surface area contributed by atoms with Gasteiger partial charge in [-0.3, -0.25) is 0 Å². The van der Waals surface area contributed by atoms with Crippen molar-refractivity contribution in [1.82, 2.24) is 14.8 Å². The monoisotopic (exact) mass is 253 g/mol. The largest absolute Gasteiger partial charge is 0.308 e. The Bertz CT molecular complexity index is 422. The first-order valence-electron chi connectivity index (χ1n) is 6.51. The molecule has 3 nitrogen and oxygen atoms in total. The molecule has 0 bridgehead atoms. The number of hydrogen-bond acceptors (Lipinski definition) is 2. The Balaban J connectivity index is 1.96. The normalized spacial score (nSPS) is 31.6. The van der Waals surface area contributed by atoms with Gasteiger partial charge in [-0.05, 0) is 51.9 Å². The van der Waals surface area contributed by atoms with E-state index in [0.717, 1.165) is 17.7 Å². The van der Waals surface area contributed by atoms with E-state index < -0.39 is 0 Å². The van der Waals surface area contributed by atoms with E-state index in [2.05, 4.69) is 35.5 Å². The summed E-state index contributed by atoms with van der Waals surface area (Å²) in [6.07, 6.45) is 4.06. The molecule has 2 aliphatic carbocycles. The van der Waals surface area contributed by atoms with Crippen LogP contribution < -0.4 is 0 Å². The SMILES string of the molecule is CC(C)(C)n1c(CCl)nnc1C1CC2CC2C1. The smallest absolute Gasteiger partial charge is 0.148 e. The van der Waals surface area contributed by atoms with E-state index in [1.165, 1.54) is 25.1 Å². The van der Waals surface area contributed by atoms with Gasteiger partial charge in [-0.1, -0.05) is 0 Å². The zero-order valence-electron chi connectivity index (χ0n) is 10.8. The van der Waals surface area contributed by atoms with E-state index in [1.54, 1.807) is 0 Å². The van der Waals surface area contributed by atoms with Crippen molar-refractivity contribution in [3.05, 3.63) is 11.6 Å². The van der Waals surface area contributed by atoms with E-state index in [-0.39, 0.29) is 5.54 Å². The summed E-state index contributed by atoms with van der Waals surface area (Å²) in [5.41, 5.74) is 0.0236. The van der Waals surface area contributed by atoms with Crippen LogP contribution in [0, 0.1) is 11.8 Å². The Labute approximate surface area is 108 Å². The first kappa shape index (κ1) is 11.5. The van der Waals surface area contributed by atoms with E-state index in [4.69, 9.17) is 11.6 Å². The van der Waals surface area contributed by atoms with Gasteiger partial charge in [0.2, 0.25) is 0 Å². The quantitative estimate of drug-likeness (QED) is 0.758. The van der Waals surface area contributed by atoms with Gasteiger partial charge < -0.3 is 4.57 Å². The maximum absolute atomic E-state index is 5.97. The van der Waals surface area contributed by atoms with Crippen LogP contribution >= 0.6 is 11.6 Å². The van der Waals surface area contributed by atoms with Gasteiger partial charge in [0.05, 0.1) is 5.88 Å². The summed E-state index contributed by atoms with van der Waals surface area (Å²) < 4.78 is 2.26. The number of fused-ring (bicyclic) bond motifs is 1. The first-order valence-corrected chi connectivity index (χ1v) is 7.04. The zero-order valence-corrected chi connectivity index (χ0v) is 11.5. The Morgan fingerprint density at radius 3 is 2.35 bits per heavy atom. The van der Waals surface area contributed by atoms with Gasteiger partial charge in [0, 0.05) is 11.5 Å². The van der Waals surface area contributed by atoms with E-state index in [9.17, 15) is 0 Å². The van der Waals surface area contributed by atoms with Crippen LogP contribution in [0.3, 0.4) is 0 Å².